The molecule has 0 saturated carbocycles. The van der Waals surface area contributed by atoms with Crippen LogP contribution < -0.4 is 0 Å². The third kappa shape index (κ3) is 4.41. The lowest BCUT2D eigenvalue weighted by molar-refractivity contribution is 0.170. The molecule has 0 aliphatic rings. The van der Waals surface area contributed by atoms with Crippen LogP contribution in [0.2, 0.25) is 4.34 Å². The van der Waals surface area contributed by atoms with E-state index in [0.29, 0.717) is 17.2 Å². The summed E-state index contributed by atoms with van der Waals surface area (Å²) in [6.45, 7) is 1.63. The first-order valence-corrected chi connectivity index (χ1v) is 8.10. The van der Waals surface area contributed by atoms with E-state index in [-0.39, 0.29) is 11.5 Å². The number of thiophene rings is 1. The normalized spacial score (nSPS) is 13.9. The topological polar surface area (TPSA) is 54.4 Å². The third-order valence-corrected chi connectivity index (χ3v) is 5.42. The highest BCUT2D eigenvalue weighted by Gasteiger charge is 2.12. The van der Waals surface area contributed by atoms with Crippen molar-refractivity contribution >= 4 is 32.8 Å². The van der Waals surface area contributed by atoms with Crippen molar-refractivity contribution < 1.29 is 13.5 Å². The van der Waals surface area contributed by atoms with Gasteiger partial charge in [-0.2, -0.15) is 0 Å². The molecular weight excluding hydrogens is 268 g/mol. The van der Waals surface area contributed by atoms with Gasteiger partial charge in [0, 0.05) is 10.6 Å². The maximum Gasteiger partial charge on any atom is 0.150 e. The highest BCUT2D eigenvalue weighted by atomic mass is 35.5. The first-order valence-electron chi connectivity index (χ1n) is 5.08. The Bertz CT molecular complexity index is 425. The maximum atomic E-state index is 11.2. The fourth-order valence-corrected chi connectivity index (χ4v) is 3.27. The largest absolute Gasteiger partial charge is 0.388 e. The summed E-state index contributed by atoms with van der Waals surface area (Å²) in [6.07, 6.45) is 0.327. The van der Waals surface area contributed by atoms with E-state index in [1.54, 1.807) is 19.1 Å². The van der Waals surface area contributed by atoms with Crippen molar-refractivity contribution in [3.05, 3.63) is 21.3 Å². The van der Waals surface area contributed by atoms with Gasteiger partial charge in [-0.3, -0.25) is 0 Å². The molecule has 1 aromatic rings. The number of aliphatic hydroxyl groups excluding tert-OH is 1. The molecule has 0 amide bonds. The van der Waals surface area contributed by atoms with Crippen molar-refractivity contribution in [2.45, 2.75) is 25.9 Å². The van der Waals surface area contributed by atoms with Crippen LogP contribution in [0.5, 0.6) is 0 Å². The van der Waals surface area contributed by atoms with Crippen LogP contribution in [-0.2, 0) is 9.84 Å². The van der Waals surface area contributed by atoms with E-state index >= 15 is 0 Å². The lowest BCUT2D eigenvalue weighted by Gasteiger charge is -2.07. The van der Waals surface area contributed by atoms with Crippen LogP contribution in [0.1, 0.15) is 30.7 Å². The van der Waals surface area contributed by atoms with Gasteiger partial charge in [-0.1, -0.05) is 18.5 Å². The summed E-state index contributed by atoms with van der Waals surface area (Å²) in [5, 5.41) is 9.76. The van der Waals surface area contributed by atoms with E-state index in [0.717, 1.165) is 4.88 Å². The summed E-state index contributed by atoms with van der Waals surface area (Å²) in [7, 11) is -2.93. The van der Waals surface area contributed by atoms with Crippen LogP contribution in [0.3, 0.4) is 0 Å². The molecule has 0 radical (unpaired) electrons. The van der Waals surface area contributed by atoms with E-state index in [1.165, 1.54) is 11.3 Å². The third-order valence-electron chi connectivity index (χ3n) is 2.30. The second-order valence-electron chi connectivity index (χ2n) is 3.54. The van der Waals surface area contributed by atoms with Gasteiger partial charge in [0.15, 0.2) is 0 Å². The Kier molecular flexibility index (Phi) is 5.24. The van der Waals surface area contributed by atoms with Crippen molar-refractivity contribution in [1.82, 2.24) is 0 Å². The Morgan fingerprint density at radius 2 is 2.19 bits per heavy atom. The minimum absolute atomic E-state index is 0.139. The van der Waals surface area contributed by atoms with E-state index < -0.39 is 15.9 Å². The summed E-state index contributed by atoms with van der Waals surface area (Å²) >= 11 is 7.07. The van der Waals surface area contributed by atoms with E-state index in [9.17, 15) is 13.5 Å². The molecule has 6 heteroatoms. The minimum Gasteiger partial charge on any atom is -0.388 e. The maximum absolute atomic E-state index is 11.2. The summed E-state index contributed by atoms with van der Waals surface area (Å²) in [5.41, 5.74) is 0. The molecule has 1 atom stereocenters. The van der Waals surface area contributed by atoms with Crippen molar-refractivity contribution in [3.8, 4) is 0 Å². The smallest absolute Gasteiger partial charge is 0.150 e. The summed E-state index contributed by atoms with van der Waals surface area (Å²) in [5.74, 6) is 0.299. The molecule has 1 heterocycles. The van der Waals surface area contributed by atoms with E-state index in [1.807, 2.05) is 0 Å². The number of hydrogen-bond acceptors (Lipinski definition) is 4. The Labute approximate surface area is 105 Å². The van der Waals surface area contributed by atoms with Crippen LogP contribution in [0, 0.1) is 0 Å². The van der Waals surface area contributed by atoms with Crippen molar-refractivity contribution in [3.63, 3.8) is 0 Å². The Balaban J connectivity index is 2.39. The average molecular weight is 283 g/mol. The number of hydrogen-bond donors (Lipinski definition) is 1. The van der Waals surface area contributed by atoms with Gasteiger partial charge in [-0.05, 0) is 25.0 Å². The molecule has 1 N–H and O–H groups in total. The second kappa shape index (κ2) is 6.00. The zero-order chi connectivity index (χ0) is 12.2. The molecular formula is C10H15ClO3S2. The van der Waals surface area contributed by atoms with Crippen molar-refractivity contribution in [2.75, 3.05) is 11.5 Å². The Morgan fingerprint density at radius 1 is 1.50 bits per heavy atom. The Morgan fingerprint density at radius 3 is 2.69 bits per heavy atom. The fraction of sp³-hybridized carbons (Fsp3) is 0.600. The molecule has 3 nitrogen and oxygen atoms in total. The first-order chi connectivity index (χ1) is 7.44. The molecule has 0 saturated heterocycles. The summed E-state index contributed by atoms with van der Waals surface area (Å²) in [6, 6.07) is 3.50. The zero-order valence-corrected chi connectivity index (χ0v) is 11.4. The molecule has 16 heavy (non-hydrogen) atoms. The molecule has 1 unspecified atom stereocenters. The number of halogens is 1. The minimum atomic E-state index is -2.93. The number of aliphatic hydroxyl groups is 1. The van der Waals surface area contributed by atoms with E-state index in [2.05, 4.69) is 0 Å². The highest BCUT2D eigenvalue weighted by molar-refractivity contribution is 7.91. The molecule has 0 spiro atoms. The molecule has 0 aliphatic heterocycles. The number of sulfone groups is 1. The monoisotopic (exact) mass is 282 g/mol. The molecule has 0 aliphatic carbocycles. The van der Waals surface area contributed by atoms with Gasteiger partial charge in [-0.25, -0.2) is 8.42 Å². The van der Waals surface area contributed by atoms with Crippen molar-refractivity contribution in [2.24, 2.45) is 0 Å². The van der Waals surface area contributed by atoms with Gasteiger partial charge >= 0.3 is 0 Å². The van der Waals surface area contributed by atoms with Gasteiger partial charge in [0.2, 0.25) is 0 Å². The molecule has 92 valence electrons. The molecule has 1 aromatic heterocycles. The summed E-state index contributed by atoms with van der Waals surface area (Å²) < 4.78 is 23.1. The molecule has 0 fully saturated rings. The lowest BCUT2D eigenvalue weighted by Crippen LogP contribution is -2.09. The summed E-state index contributed by atoms with van der Waals surface area (Å²) in [4.78, 5) is 0.791. The molecule has 0 bridgehead atoms. The van der Waals surface area contributed by atoms with Crippen molar-refractivity contribution in [1.29, 1.82) is 0 Å². The zero-order valence-electron chi connectivity index (χ0n) is 9.02. The average Bonchev–Trinajstić information content (AvgIpc) is 2.64. The van der Waals surface area contributed by atoms with Gasteiger partial charge < -0.3 is 5.11 Å². The quantitative estimate of drug-likeness (QED) is 0.873. The van der Waals surface area contributed by atoms with Gasteiger partial charge in [0.05, 0.1) is 16.2 Å². The predicted octanol–water partition coefficient (Wildman–Crippen LogP) is 2.65. The fourth-order valence-electron chi connectivity index (χ4n) is 1.29. The highest BCUT2D eigenvalue weighted by Crippen LogP contribution is 2.29. The number of rotatable bonds is 6. The Hall–Kier alpha value is -0.100. The van der Waals surface area contributed by atoms with Crippen LogP contribution in [-0.4, -0.2) is 25.0 Å². The SMILES string of the molecule is CCS(=O)(=O)CCCC(O)c1ccc(Cl)s1. The lowest BCUT2D eigenvalue weighted by atomic mass is 10.2. The first kappa shape index (κ1) is 14.0. The van der Waals surface area contributed by atoms with Crippen LogP contribution >= 0.6 is 22.9 Å². The van der Waals surface area contributed by atoms with Crippen LogP contribution in [0.25, 0.3) is 0 Å². The van der Waals surface area contributed by atoms with Gasteiger partial charge in [0.1, 0.15) is 9.84 Å². The van der Waals surface area contributed by atoms with Gasteiger partial charge in [0.25, 0.3) is 0 Å². The van der Waals surface area contributed by atoms with Crippen LogP contribution in [0.4, 0.5) is 0 Å². The van der Waals surface area contributed by atoms with Crippen LogP contribution in [0.15, 0.2) is 12.1 Å². The van der Waals surface area contributed by atoms with Gasteiger partial charge in [-0.15, -0.1) is 11.3 Å². The predicted molar refractivity (Wildman–Crippen MR) is 67.9 cm³/mol. The second-order valence-corrected chi connectivity index (χ2v) is 7.76. The standard InChI is InChI=1S/C10H15ClO3S2/c1-2-16(13,14)7-3-4-8(12)9-5-6-10(11)15-9/h5-6,8,12H,2-4,7H2,1H3. The van der Waals surface area contributed by atoms with E-state index in [4.69, 9.17) is 11.6 Å². The molecule has 1 rings (SSSR count). The molecule has 0 aromatic carbocycles.